The summed E-state index contributed by atoms with van der Waals surface area (Å²) in [6.07, 6.45) is -0.963. The van der Waals surface area contributed by atoms with Gasteiger partial charge in [-0.2, -0.15) is 0 Å². The molecule has 0 aliphatic rings. The number of esters is 2. The van der Waals surface area contributed by atoms with Gasteiger partial charge in [-0.15, -0.1) is 11.6 Å². The molecule has 2 aromatic rings. The topological polar surface area (TPSA) is 80.3 Å². The number of alkyl halides is 1. The third kappa shape index (κ3) is 8.75. The largest absolute Gasteiger partial charge is 0.490 e. The van der Waals surface area contributed by atoms with E-state index < -0.39 is 12.2 Å². The summed E-state index contributed by atoms with van der Waals surface area (Å²) < 4.78 is 27.1. The fourth-order valence-electron chi connectivity index (χ4n) is 3.59. The van der Waals surface area contributed by atoms with E-state index in [0.717, 1.165) is 16.7 Å². The fraction of sp³-hybridized carbons (Fsp3) is 0.481. The summed E-state index contributed by atoms with van der Waals surface area (Å²) in [5.41, 5.74) is 2.94. The molecule has 2 unspecified atom stereocenters. The van der Waals surface area contributed by atoms with Gasteiger partial charge in [0.2, 0.25) is 0 Å². The Balaban J connectivity index is 2.06. The highest BCUT2D eigenvalue weighted by Crippen LogP contribution is 2.34. The number of hydrogen-bond donors (Lipinski definition) is 0. The molecule has 2 atom stereocenters. The zero-order valence-corrected chi connectivity index (χ0v) is 22.0. The normalized spacial score (nSPS) is 13.0. The van der Waals surface area contributed by atoms with Gasteiger partial charge < -0.3 is 23.7 Å². The molecule has 0 radical (unpaired) electrons. The molecular formula is C27H35ClO7. The molecule has 0 heterocycles. The third-order valence-electron chi connectivity index (χ3n) is 5.52. The molecule has 35 heavy (non-hydrogen) atoms. The van der Waals surface area contributed by atoms with Crippen LogP contribution < -0.4 is 9.47 Å². The maximum atomic E-state index is 11.2. The Bertz CT molecular complexity index is 972. The van der Waals surface area contributed by atoms with Crippen LogP contribution in [0.5, 0.6) is 11.5 Å². The first-order valence-corrected chi connectivity index (χ1v) is 12.0. The van der Waals surface area contributed by atoms with Crippen LogP contribution in [0.4, 0.5) is 0 Å². The van der Waals surface area contributed by atoms with Crippen LogP contribution >= 0.6 is 11.6 Å². The van der Waals surface area contributed by atoms with Gasteiger partial charge in [0.15, 0.2) is 6.10 Å². The minimum atomic E-state index is -0.496. The predicted molar refractivity (Wildman–Crippen MR) is 134 cm³/mol. The number of aryl methyl sites for hydroxylation is 1. The van der Waals surface area contributed by atoms with Crippen LogP contribution in [-0.4, -0.2) is 57.0 Å². The quantitative estimate of drug-likeness (QED) is 0.284. The van der Waals surface area contributed by atoms with Gasteiger partial charge >= 0.3 is 11.9 Å². The maximum absolute atomic E-state index is 11.2. The summed E-state index contributed by atoms with van der Waals surface area (Å²) in [7, 11) is 1.55. The second-order valence-electron chi connectivity index (χ2n) is 8.82. The van der Waals surface area contributed by atoms with Crippen LogP contribution in [0.3, 0.4) is 0 Å². The lowest BCUT2D eigenvalue weighted by molar-refractivity contribution is -0.150. The number of benzene rings is 2. The van der Waals surface area contributed by atoms with Gasteiger partial charge in [-0.3, -0.25) is 9.59 Å². The van der Waals surface area contributed by atoms with E-state index in [1.807, 2.05) is 43.3 Å². The molecule has 0 spiro atoms. The Morgan fingerprint density at radius 3 is 1.97 bits per heavy atom. The van der Waals surface area contributed by atoms with Crippen molar-refractivity contribution >= 4 is 23.5 Å². The zero-order chi connectivity index (χ0) is 26.0. The number of hydrogen-bond acceptors (Lipinski definition) is 7. The van der Waals surface area contributed by atoms with E-state index in [1.165, 1.54) is 13.8 Å². The van der Waals surface area contributed by atoms with Crippen molar-refractivity contribution in [2.75, 3.05) is 32.8 Å². The third-order valence-corrected chi connectivity index (χ3v) is 5.87. The van der Waals surface area contributed by atoms with Crippen LogP contribution in [0.1, 0.15) is 44.4 Å². The molecule has 0 aromatic heterocycles. The van der Waals surface area contributed by atoms with E-state index in [-0.39, 0.29) is 43.1 Å². The molecule has 0 aliphatic heterocycles. The summed E-state index contributed by atoms with van der Waals surface area (Å²) in [4.78, 5) is 22.4. The van der Waals surface area contributed by atoms with Gasteiger partial charge in [0.05, 0.1) is 12.5 Å². The molecule has 0 N–H and O–H groups in total. The van der Waals surface area contributed by atoms with Crippen LogP contribution in [-0.2, 0) is 29.2 Å². The fourth-order valence-corrected chi connectivity index (χ4v) is 3.74. The lowest BCUT2D eigenvalue weighted by Crippen LogP contribution is -2.28. The van der Waals surface area contributed by atoms with Crippen LogP contribution in [0.25, 0.3) is 0 Å². The number of halogens is 1. The monoisotopic (exact) mass is 506 g/mol. The standard InChI is InChI=1S/C27H35ClO7/c1-18-13-22(9-12-26(18)33-16-24(14-28)34-19(2)29)27(4,5)21-7-10-23(11-8-21)32-17-25(15-31-6)35-20(3)30/h7-13,24-25H,14-17H2,1-6H3. The van der Waals surface area contributed by atoms with Crippen LogP contribution in [0.15, 0.2) is 42.5 Å². The smallest absolute Gasteiger partial charge is 0.303 e. The Kier molecular flexibility index (Phi) is 10.9. The zero-order valence-electron chi connectivity index (χ0n) is 21.3. The highest BCUT2D eigenvalue weighted by atomic mass is 35.5. The first-order chi connectivity index (χ1) is 16.6. The number of carbonyl (C=O) groups is 2. The minimum Gasteiger partial charge on any atom is -0.490 e. The minimum absolute atomic E-state index is 0.167. The SMILES string of the molecule is COCC(COc1ccc(C(C)(C)c2ccc(OCC(CCl)OC(C)=O)c(C)c2)cc1)OC(C)=O. The number of methoxy groups -OCH3 is 1. The lowest BCUT2D eigenvalue weighted by atomic mass is 9.77. The molecule has 7 nitrogen and oxygen atoms in total. The Labute approximate surface area is 212 Å². The van der Waals surface area contributed by atoms with E-state index >= 15 is 0 Å². The Morgan fingerprint density at radius 1 is 0.857 bits per heavy atom. The molecule has 0 saturated heterocycles. The van der Waals surface area contributed by atoms with E-state index in [4.69, 9.17) is 35.3 Å². The summed E-state index contributed by atoms with van der Waals surface area (Å²) in [6, 6.07) is 13.9. The lowest BCUT2D eigenvalue weighted by Gasteiger charge is -2.27. The van der Waals surface area contributed by atoms with Crippen LogP contribution in [0.2, 0.25) is 0 Å². The number of carbonyl (C=O) groups excluding carboxylic acids is 2. The van der Waals surface area contributed by atoms with Crippen molar-refractivity contribution < 1.29 is 33.3 Å². The molecule has 0 aliphatic carbocycles. The molecule has 0 bridgehead atoms. The maximum Gasteiger partial charge on any atom is 0.303 e. The predicted octanol–water partition coefficient (Wildman–Crippen LogP) is 4.83. The van der Waals surface area contributed by atoms with Crippen molar-refractivity contribution in [3.63, 3.8) is 0 Å². The number of ether oxygens (including phenoxy) is 5. The Morgan fingerprint density at radius 2 is 1.43 bits per heavy atom. The second kappa shape index (κ2) is 13.4. The molecule has 192 valence electrons. The van der Waals surface area contributed by atoms with E-state index in [1.54, 1.807) is 7.11 Å². The van der Waals surface area contributed by atoms with Gasteiger partial charge in [0, 0.05) is 26.4 Å². The first kappa shape index (κ1) is 28.5. The van der Waals surface area contributed by atoms with Crippen molar-refractivity contribution in [2.45, 2.75) is 52.2 Å². The molecule has 8 heteroatoms. The molecule has 0 amide bonds. The van der Waals surface area contributed by atoms with Gasteiger partial charge in [0.25, 0.3) is 0 Å². The van der Waals surface area contributed by atoms with Gasteiger partial charge in [-0.25, -0.2) is 0 Å². The van der Waals surface area contributed by atoms with Gasteiger partial charge in [-0.05, 0) is 41.8 Å². The molecule has 0 fully saturated rings. The van der Waals surface area contributed by atoms with E-state index in [9.17, 15) is 9.59 Å². The van der Waals surface area contributed by atoms with Crippen molar-refractivity contribution in [3.8, 4) is 11.5 Å². The summed E-state index contributed by atoms with van der Waals surface area (Å²) >= 11 is 5.86. The molecular weight excluding hydrogens is 472 g/mol. The van der Waals surface area contributed by atoms with Gasteiger partial charge in [-0.1, -0.05) is 38.1 Å². The summed E-state index contributed by atoms with van der Waals surface area (Å²) in [6.45, 7) is 9.65. The van der Waals surface area contributed by atoms with Crippen molar-refractivity contribution in [3.05, 3.63) is 59.2 Å². The average molecular weight is 507 g/mol. The van der Waals surface area contributed by atoms with E-state index in [0.29, 0.717) is 11.5 Å². The summed E-state index contributed by atoms with van der Waals surface area (Å²) in [5, 5.41) is 0. The summed E-state index contributed by atoms with van der Waals surface area (Å²) in [5.74, 6) is 0.806. The highest BCUT2D eigenvalue weighted by molar-refractivity contribution is 6.18. The highest BCUT2D eigenvalue weighted by Gasteiger charge is 2.24. The van der Waals surface area contributed by atoms with Crippen molar-refractivity contribution in [2.24, 2.45) is 0 Å². The molecule has 2 aromatic carbocycles. The Hall–Kier alpha value is -2.77. The average Bonchev–Trinajstić information content (AvgIpc) is 2.80. The second-order valence-corrected chi connectivity index (χ2v) is 9.13. The molecule has 2 rings (SSSR count). The van der Waals surface area contributed by atoms with Crippen molar-refractivity contribution in [1.29, 1.82) is 0 Å². The van der Waals surface area contributed by atoms with E-state index in [2.05, 4.69) is 19.9 Å². The molecule has 0 saturated carbocycles. The number of rotatable bonds is 13. The first-order valence-electron chi connectivity index (χ1n) is 11.4. The van der Waals surface area contributed by atoms with Gasteiger partial charge in [0.1, 0.15) is 30.8 Å². The van der Waals surface area contributed by atoms with Crippen LogP contribution in [0, 0.1) is 6.92 Å². The van der Waals surface area contributed by atoms with Crippen molar-refractivity contribution in [1.82, 2.24) is 0 Å².